The Hall–Kier alpha value is -1.74. The van der Waals surface area contributed by atoms with Crippen molar-refractivity contribution in [2.75, 3.05) is 0 Å². The van der Waals surface area contributed by atoms with Gasteiger partial charge >= 0.3 is 0 Å². The Morgan fingerprint density at radius 2 is 1.83 bits per heavy atom. The van der Waals surface area contributed by atoms with Crippen molar-refractivity contribution in [3.63, 3.8) is 0 Å². The number of benzene rings is 1. The van der Waals surface area contributed by atoms with Crippen LogP contribution in [0.5, 0.6) is 0 Å². The third-order valence-electron chi connectivity index (χ3n) is 2.90. The van der Waals surface area contributed by atoms with Crippen LogP contribution in [-0.4, -0.2) is 9.97 Å². The molecule has 0 saturated carbocycles. The summed E-state index contributed by atoms with van der Waals surface area (Å²) in [5, 5.41) is 0. The quantitative estimate of drug-likeness (QED) is 0.879. The molecule has 0 atom stereocenters. The Labute approximate surface area is 108 Å². The summed E-state index contributed by atoms with van der Waals surface area (Å²) >= 11 is 0. The molecule has 0 saturated heterocycles. The number of rotatable bonds is 2. The molecule has 2 aromatic rings. The zero-order chi connectivity index (χ0) is 13.3. The fourth-order valence-corrected chi connectivity index (χ4v) is 1.83. The van der Waals surface area contributed by atoms with Gasteiger partial charge in [0.1, 0.15) is 5.82 Å². The number of aryl methyl sites for hydroxylation is 2. The molecule has 0 aliphatic carbocycles. The fraction of sp³-hybridized carbons (Fsp3) is 0.333. The SMILES string of the molecule is Cc1ccc(C)c(-c2ccnc(C(C)(C)N)n2)c1. The van der Waals surface area contributed by atoms with E-state index in [1.165, 1.54) is 11.1 Å². The number of nitrogens with zero attached hydrogens (tertiary/aromatic N) is 2. The summed E-state index contributed by atoms with van der Waals surface area (Å²) < 4.78 is 0. The van der Waals surface area contributed by atoms with E-state index in [4.69, 9.17) is 5.73 Å². The largest absolute Gasteiger partial charge is 0.319 e. The first-order valence-electron chi connectivity index (χ1n) is 6.08. The summed E-state index contributed by atoms with van der Waals surface area (Å²) in [6.45, 7) is 7.99. The van der Waals surface area contributed by atoms with Gasteiger partial charge in [-0.15, -0.1) is 0 Å². The number of hydrogen-bond acceptors (Lipinski definition) is 3. The van der Waals surface area contributed by atoms with Crippen LogP contribution >= 0.6 is 0 Å². The van der Waals surface area contributed by atoms with Crippen LogP contribution in [0.4, 0.5) is 0 Å². The van der Waals surface area contributed by atoms with Gasteiger partial charge in [-0.25, -0.2) is 9.97 Å². The molecule has 3 heteroatoms. The van der Waals surface area contributed by atoms with Crippen LogP contribution in [0.2, 0.25) is 0 Å². The second-order valence-electron chi connectivity index (χ2n) is 5.31. The Morgan fingerprint density at radius 1 is 1.11 bits per heavy atom. The molecule has 1 aromatic carbocycles. The predicted molar refractivity (Wildman–Crippen MR) is 74.2 cm³/mol. The van der Waals surface area contributed by atoms with Gasteiger partial charge < -0.3 is 5.73 Å². The van der Waals surface area contributed by atoms with Crippen LogP contribution < -0.4 is 5.73 Å². The molecule has 2 rings (SSSR count). The van der Waals surface area contributed by atoms with E-state index in [1.54, 1.807) is 6.20 Å². The summed E-state index contributed by atoms with van der Waals surface area (Å²) in [5.74, 6) is 0.668. The molecule has 94 valence electrons. The van der Waals surface area contributed by atoms with Crippen LogP contribution in [0.15, 0.2) is 30.5 Å². The van der Waals surface area contributed by atoms with Gasteiger partial charge in [0.15, 0.2) is 0 Å². The van der Waals surface area contributed by atoms with E-state index >= 15 is 0 Å². The summed E-state index contributed by atoms with van der Waals surface area (Å²) in [4.78, 5) is 8.83. The molecule has 0 amide bonds. The highest BCUT2D eigenvalue weighted by molar-refractivity contribution is 5.64. The van der Waals surface area contributed by atoms with Gasteiger partial charge in [0.25, 0.3) is 0 Å². The first-order chi connectivity index (χ1) is 8.38. The molecule has 0 bridgehead atoms. The molecule has 3 nitrogen and oxygen atoms in total. The van der Waals surface area contributed by atoms with Gasteiger partial charge in [0.05, 0.1) is 11.2 Å². The molecule has 1 aromatic heterocycles. The van der Waals surface area contributed by atoms with E-state index in [-0.39, 0.29) is 0 Å². The number of aromatic nitrogens is 2. The summed E-state index contributed by atoms with van der Waals surface area (Å²) in [7, 11) is 0. The van der Waals surface area contributed by atoms with E-state index in [0.717, 1.165) is 11.3 Å². The predicted octanol–water partition coefficient (Wildman–Crippen LogP) is 2.95. The first kappa shape index (κ1) is 12.7. The zero-order valence-corrected chi connectivity index (χ0v) is 11.4. The fourth-order valence-electron chi connectivity index (χ4n) is 1.83. The average molecular weight is 241 g/mol. The molecule has 0 unspecified atom stereocenters. The van der Waals surface area contributed by atoms with Crippen molar-refractivity contribution in [3.05, 3.63) is 47.4 Å². The minimum absolute atomic E-state index is 0.520. The van der Waals surface area contributed by atoms with Gasteiger partial charge in [-0.2, -0.15) is 0 Å². The van der Waals surface area contributed by atoms with Crippen molar-refractivity contribution in [1.82, 2.24) is 9.97 Å². The van der Waals surface area contributed by atoms with Crippen molar-refractivity contribution in [3.8, 4) is 11.3 Å². The lowest BCUT2D eigenvalue weighted by Gasteiger charge is -2.17. The molecule has 0 aliphatic rings. The molecule has 1 heterocycles. The van der Waals surface area contributed by atoms with Gasteiger partial charge in [-0.3, -0.25) is 0 Å². The topological polar surface area (TPSA) is 51.8 Å². The van der Waals surface area contributed by atoms with E-state index in [1.807, 2.05) is 19.9 Å². The van der Waals surface area contributed by atoms with E-state index in [2.05, 4.69) is 42.0 Å². The lowest BCUT2D eigenvalue weighted by atomic mass is 10.0. The van der Waals surface area contributed by atoms with Crippen LogP contribution in [0.1, 0.15) is 30.8 Å². The first-order valence-corrected chi connectivity index (χ1v) is 6.08. The van der Waals surface area contributed by atoms with Crippen LogP contribution in [0, 0.1) is 13.8 Å². The van der Waals surface area contributed by atoms with Crippen LogP contribution in [0.25, 0.3) is 11.3 Å². The normalized spacial score (nSPS) is 11.6. The van der Waals surface area contributed by atoms with Gasteiger partial charge in [-0.05, 0) is 45.4 Å². The molecule has 2 N–H and O–H groups in total. The van der Waals surface area contributed by atoms with E-state index < -0.39 is 5.54 Å². The number of nitrogens with two attached hydrogens (primary N) is 1. The maximum Gasteiger partial charge on any atom is 0.148 e. The minimum Gasteiger partial charge on any atom is -0.319 e. The minimum atomic E-state index is -0.520. The van der Waals surface area contributed by atoms with Crippen molar-refractivity contribution < 1.29 is 0 Å². The second-order valence-corrected chi connectivity index (χ2v) is 5.31. The van der Waals surface area contributed by atoms with Crippen molar-refractivity contribution >= 4 is 0 Å². The standard InChI is InChI=1S/C15H19N3/c1-10-5-6-11(2)12(9-10)13-7-8-17-14(18-13)15(3,4)16/h5-9H,16H2,1-4H3. The highest BCUT2D eigenvalue weighted by Crippen LogP contribution is 2.24. The Balaban J connectivity index is 2.55. The summed E-state index contributed by atoms with van der Waals surface area (Å²) in [6, 6.07) is 8.29. The third-order valence-corrected chi connectivity index (χ3v) is 2.90. The molecular formula is C15H19N3. The van der Waals surface area contributed by atoms with Crippen molar-refractivity contribution in [1.29, 1.82) is 0 Å². The highest BCUT2D eigenvalue weighted by Gasteiger charge is 2.18. The zero-order valence-electron chi connectivity index (χ0n) is 11.4. The Bertz CT molecular complexity index is 568. The van der Waals surface area contributed by atoms with Crippen LogP contribution in [-0.2, 0) is 5.54 Å². The molecule has 0 aliphatic heterocycles. The smallest absolute Gasteiger partial charge is 0.148 e. The Morgan fingerprint density at radius 3 is 2.50 bits per heavy atom. The monoisotopic (exact) mass is 241 g/mol. The van der Waals surface area contributed by atoms with E-state index in [0.29, 0.717) is 5.82 Å². The van der Waals surface area contributed by atoms with Crippen LogP contribution in [0.3, 0.4) is 0 Å². The molecule has 0 radical (unpaired) electrons. The van der Waals surface area contributed by atoms with E-state index in [9.17, 15) is 0 Å². The van der Waals surface area contributed by atoms with Gasteiger partial charge in [0.2, 0.25) is 0 Å². The maximum absolute atomic E-state index is 6.05. The summed E-state index contributed by atoms with van der Waals surface area (Å²) in [6.07, 6.45) is 1.77. The van der Waals surface area contributed by atoms with Crippen molar-refractivity contribution in [2.45, 2.75) is 33.2 Å². The molecular weight excluding hydrogens is 222 g/mol. The third kappa shape index (κ3) is 2.57. The molecule has 0 fully saturated rings. The molecule has 0 spiro atoms. The average Bonchev–Trinajstić information content (AvgIpc) is 2.31. The number of hydrogen-bond donors (Lipinski definition) is 1. The van der Waals surface area contributed by atoms with Gasteiger partial charge in [-0.1, -0.05) is 17.7 Å². The summed E-state index contributed by atoms with van der Waals surface area (Å²) in [5.41, 5.74) is 10.0. The van der Waals surface area contributed by atoms with Gasteiger partial charge in [0, 0.05) is 11.8 Å². The second kappa shape index (κ2) is 4.50. The lowest BCUT2D eigenvalue weighted by molar-refractivity contribution is 0.514. The maximum atomic E-state index is 6.05. The highest BCUT2D eigenvalue weighted by atomic mass is 14.9. The molecule has 18 heavy (non-hydrogen) atoms. The van der Waals surface area contributed by atoms with Crippen molar-refractivity contribution in [2.24, 2.45) is 5.73 Å². The lowest BCUT2D eigenvalue weighted by Crippen LogP contribution is -2.31. The Kier molecular flexibility index (Phi) is 3.18.